The Morgan fingerprint density at radius 1 is 0.967 bits per heavy atom. The van der Waals surface area contributed by atoms with Crippen molar-refractivity contribution >= 4 is 51.8 Å². The van der Waals surface area contributed by atoms with Crippen LogP contribution in [0.15, 0.2) is 82.3 Å². The minimum Gasteiger partial charge on any atom is -0.455 e. The second kappa shape index (κ2) is 9.03. The minimum atomic E-state index is -0.274. The van der Waals surface area contributed by atoms with Crippen molar-refractivity contribution in [3.05, 3.63) is 88.6 Å². The summed E-state index contributed by atoms with van der Waals surface area (Å²) < 4.78 is 5.70. The molecule has 1 aromatic heterocycles. The van der Waals surface area contributed by atoms with Crippen LogP contribution in [0.1, 0.15) is 5.76 Å². The molecule has 0 aliphatic heterocycles. The van der Waals surface area contributed by atoms with Gasteiger partial charge in [0, 0.05) is 11.3 Å². The van der Waals surface area contributed by atoms with E-state index in [1.165, 1.54) is 6.21 Å². The lowest BCUT2D eigenvalue weighted by molar-refractivity contribution is -0.119. The van der Waals surface area contributed by atoms with Gasteiger partial charge in [0.2, 0.25) is 0 Å². The number of fused-ring (bicyclic) bond motifs is 1. The van der Waals surface area contributed by atoms with E-state index in [0.717, 1.165) is 16.5 Å². The van der Waals surface area contributed by atoms with E-state index in [1.807, 2.05) is 48.5 Å². The van der Waals surface area contributed by atoms with Crippen molar-refractivity contribution in [3.63, 3.8) is 0 Å². The number of carbonyl (C=O) groups is 1. The molecule has 0 unspecified atom stereocenters. The molecule has 30 heavy (non-hydrogen) atoms. The number of nitrogens with one attached hydrogen (secondary N) is 2. The first-order valence-electron chi connectivity index (χ1n) is 9.19. The van der Waals surface area contributed by atoms with E-state index in [9.17, 15) is 4.79 Å². The Labute approximate surface area is 183 Å². The minimum absolute atomic E-state index is 0.0945. The van der Waals surface area contributed by atoms with Crippen molar-refractivity contribution < 1.29 is 9.21 Å². The molecule has 1 amide bonds. The molecule has 0 saturated carbocycles. The second-order valence-electron chi connectivity index (χ2n) is 6.51. The average molecular weight is 438 g/mol. The molecule has 0 saturated heterocycles. The lowest BCUT2D eigenvalue weighted by atomic mass is 10.1. The highest BCUT2D eigenvalue weighted by molar-refractivity contribution is 6.43. The zero-order chi connectivity index (χ0) is 20.9. The molecule has 0 bridgehead atoms. The third-order valence-corrected chi connectivity index (χ3v) is 5.25. The van der Waals surface area contributed by atoms with Gasteiger partial charge in [0.1, 0.15) is 11.5 Å². The number of hydrogen-bond acceptors (Lipinski definition) is 4. The summed E-state index contributed by atoms with van der Waals surface area (Å²) in [6.45, 7) is 0.0945. The van der Waals surface area contributed by atoms with Gasteiger partial charge in [-0.1, -0.05) is 59.6 Å². The summed E-state index contributed by atoms with van der Waals surface area (Å²) in [7, 11) is 0. The quantitative estimate of drug-likeness (QED) is 0.288. The van der Waals surface area contributed by atoms with Crippen molar-refractivity contribution in [2.75, 3.05) is 11.9 Å². The lowest BCUT2D eigenvalue weighted by Crippen LogP contribution is -2.25. The van der Waals surface area contributed by atoms with E-state index >= 15 is 0 Å². The lowest BCUT2D eigenvalue weighted by Gasteiger charge is -2.06. The summed E-state index contributed by atoms with van der Waals surface area (Å²) in [5.74, 6) is 0.765. The summed E-state index contributed by atoms with van der Waals surface area (Å²) >= 11 is 12.2. The molecule has 7 heteroatoms. The zero-order valence-corrected chi connectivity index (χ0v) is 17.2. The number of anilines is 1. The molecule has 0 aliphatic carbocycles. The fourth-order valence-electron chi connectivity index (χ4n) is 2.95. The van der Waals surface area contributed by atoms with Crippen LogP contribution in [0.2, 0.25) is 10.0 Å². The maximum absolute atomic E-state index is 12.0. The standard InChI is InChI=1S/C23H17Cl2N3O2/c24-20-7-3-6-19(23(20)25)21-11-10-18(30-21)13-27-28-22(29)14-26-17-9-8-15-4-1-2-5-16(15)12-17/h1-13,26H,14H2,(H,28,29). The van der Waals surface area contributed by atoms with E-state index < -0.39 is 0 Å². The van der Waals surface area contributed by atoms with Gasteiger partial charge in [-0.3, -0.25) is 4.79 Å². The smallest absolute Gasteiger partial charge is 0.259 e. The van der Waals surface area contributed by atoms with E-state index in [1.54, 1.807) is 24.3 Å². The summed E-state index contributed by atoms with van der Waals surface area (Å²) in [5, 5.41) is 10.1. The highest BCUT2D eigenvalue weighted by atomic mass is 35.5. The van der Waals surface area contributed by atoms with Crippen LogP contribution in [0, 0.1) is 0 Å². The van der Waals surface area contributed by atoms with Crippen LogP contribution in [0.3, 0.4) is 0 Å². The van der Waals surface area contributed by atoms with Crippen molar-refractivity contribution in [3.8, 4) is 11.3 Å². The average Bonchev–Trinajstić information content (AvgIpc) is 3.22. The summed E-state index contributed by atoms with van der Waals surface area (Å²) in [4.78, 5) is 12.0. The van der Waals surface area contributed by atoms with Gasteiger partial charge in [0.15, 0.2) is 0 Å². The van der Waals surface area contributed by atoms with Crippen LogP contribution in [-0.4, -0.2) is 18.7 Å². The normalized spacial score (nSPS) is 11.1. The molecule has 5 nitrogen and oxygen atoms in total. The van der Waals surface area contributed by atoms with Crippen molar-refractivity contribution in [2.24, 2.45) is 5.10 Å². The van der Waals surface area contributed by atoms with Crippen LogP contribution in [-0.2, 0) is 4.79 Å². The van der Waals surface area contributed by atoms with Crippen molar-refractivity contribution in [1.82, 2.24) is 5.43 Å². The molecular formula is C23H17Cl2N3O2. The Morgan fingerprint density at radius 3 is 2.67 bits per heavy atom. The van der Waals surface area contributed by atoms with Gasteiger partial charge in [0.05, 0.1) is 22.8 Å². The van der Waals surface area contributed by atoms with Gasteiger partial charge < -0.3 is 9.73 Å². The van der Waals surface area contributed by atoms with Gasteiger partial charge in [0.25, 0.3) is 5.91 Å². The van der Waals surface area contributed by atoms with Gasteiger partial charge in [-0.2, -0.15) is 5.10 Å². The Morgan fingerprint density at radius 2 is 1.80 bits per heavy atom. The van der Waals surface area contributed by atoms with Gasteiger partial charge in [-0.25, -0.2) is 5.43 Å². The zero-order valence-electron chi connectivity index (χ0n) is 15.7. The molecular weight excluding hydrogens is 421 g/mol. The third kappa shape index (κ3) is 4.64. The largest absolute Gasteiger partial charge is 0.455 e. The summed E-state index contributed by atoms with van der Waals surface area (Å²) in [5.41, 5.74) is 4.02. The number of rotatable bonds is 6. The predicted molar refractivity (Wildman–Crippen MR) is 122 cm³/mol. The van der Waals surface area contributed by atoms with E-state index in [4.69, 9.17) is 27.6 Å². The fourth-order valence-corrected chi connectivity index (χ4v) is 3.34. The topological polar surface area (TPSA) is 66.6 Å². The number of benzene rings is 3. The Balaban J connectivity index is 1.32. The van der Waals surface area contributed by atoms with Gasteiger partial charge >= 0.3 is 0 Å². The predicted octanol–water partition coefficient (Wildman–Crippen LogP) is 5.97. The molecule has 0 spiro atoms. The molecule has 4 aromatic rings. The highest BCUT2D eigenvalue weighted by Gasteiger charge is 2.10. The van der Waals surface area contributed by atoms with Crippen molar-refractivity contribution in [2.45, 2.75) is 0 Å². The van der Waals surface area contributed by atoms with E-state index in [-0.39, 0.29) is 12.5 Å². The van der Waals surface area contributed by atoms with Gasteiger partial charge in [-0.15, -0.1) is 0 Å². The molecule has 0 atom stereocenters. The number of hydrogen-bond donors (Lipinski definition) is 2. The Hall–Kier alpha value is -3.28. The monoisotopic (exact) mass is 437 g/mol. The van der Waals surface area contributed by atoms with Crippen LogP contribution < -0.4 is 10.7 Å². The summed E-state index contributed by atoms with van der Waals surface area (Å²) in [6, 6.07) is 22.8. The number of amides is 1. The number of hydrazone groups is 1. The molecule has 3 aromatic carbocycles. The number of carbonyl (C=O) groups excluding carboxylic acids is 1. The van der Waals surface area contributed by atoms with E-state index in [0.29, 0.717) is 27.1 Å². The molecule has 0 radical (unpaired) electrons. The Bertz CT molecular complexity index is 1230. The number of halogens is 2. The maximum Gasteiger partial charge on any atom is 0.259 e. The summed E-state index contributed by atoms with van der Waals surface area (Å²) in [6.07, 6.45) is 1.43. The van der Waals surface area contributed by atoms with E-state index in [2.05, 4.69) is 15.8 Å². The molecule has 0 fully saturated rings. The number of furan rings is 1. The molecule has 2 N–H and O–H groups in total. The number of nitrogens with zero attached hydrogens (tertiary/aromatic N) is 1. The second-order valence-corrected chi connectivity index (χ2v) is 7.30. The van der Waals surface area contributed by atoms with Crippen LogP contribution in [0.25, 0.3) is 22.1 Å². The highest BCUT2D eigenvalue weighted by Crippen LogP contribution is 2.34. The molecule has 1 heterocycles. The first-order chi connectivity index (χ1) is 14.6. The third-order valence-electron chi connectivity index (χ3n) is 4.43. The van der Waals surface area contributed by atoms with Crippen LogP contribution in [0.4, 0.5) is 5.69 Å². The van der Waals surface area contributed by atoms with Gasteiger partial charge in [-0.05, 0) is 47.2 Å². The maximum atomic E-state index is 12.0. The van der Waals surface area contributed by atoms with Crippen LogP contribution in [0.5, 0.6) is 0 Å². The first kappa shape index (κ1) is 20.0. The Kier molecular flexibility index (Phi) is 6.02. The molecule has 4 rings (SSSR count). The van der Waals surface area contributed by atoms with Crippen LogP contribution >= 0.6 is 23.2 Å². The molecule has 0 aliphatic rings. The molecule has 150 valence electrons. The first-order valence-corrected chi connectivity index (χ1v) is 9.94. The van der Waals surface area contributed by atoms with Crippen molar-refractivity contribution in [1.29, 1.82) is 0 Å². The SMILES string of the molecule is O=C(CNc1ccc2ccccc2c1)NN=Cc1ccc(-c2cccc(Cl)c2Cl)o1. The fraction of sp³-hybridized carbons (Fsp3) is 0.0435.